The molecule has 6 nitrogen and oxygen atoms in total. The molecule has 3 aromatic rings. The van der Waals surface area contributed by atoms with Crippen molar-refractivity contribution in [2.45, 2.75) is 41.2 Å². The number of halogens is 1. The molecule has 1 fully saturated rings. The van der Waals surface area contributed by atoms with Gasteiger partial charge in [0.15, 0.2) is 0 Å². The second kappa shape index (κ2) is 6.66. The number of amides is 2. The third kappa shape index (κ3) is 3.02. The van der Waals surface area contributed by atoms with Gasteiger partial charge in [0.1, 0.15) is 6.33 Å². The highest BCUT2D eigenvalue weighted by atomic mass is 35.5. The molecular formula is C22H23ClN4O2. The van der Waals surface area contributed by atoms with Crippen molar-refractivity contribution in [2.75, 3.05) is 0 Å². The molecule has 1 atom stereocenters. The summed E-state index contributed by atoms with van der Waals surface area (Å²) in [6, 6.07) is 5.76. The molecule has 3 heterocycles. The van der Waals surface area contributed by atoms with Gasteiger partial charge in [0.25, 0.3) is 0 Å². The first kappa shape index (κ1) is 19.6. The van der Waals surface area contributed by atoms with Crippen molar-refractivity contribution < 1.29 is 9.59 Å². The fraction of sp³-hybridized carbons (Fsp3) is 0.364. The smallest absolute Gasteiger partial charge is 0.235 e. The number of fused-ring (bicyclic) bond motifs is 1. The second-order valence-corrected chi connectivity index (χ2v) is 8.79. The van der Waals surface area contributed by atoms with Crippen molar-refractivity contribution in [1.82, 2.24) is 19.5 Å². The Morgan fingerprint density at radius 2 is 1.90 bits per heavy atom. The van der Waals surface area contributed by atoms with Crippen LogP contribution in [-0.4, -0.2) is 31.3 Å². The Kier molecular flexibility index (Phi) is 4.50. The summed E-state index contributed by atoms with van der Waals surface area (Å²) in [6.45, 7) is 9.73. The van der Waals surface area contributed by atoms with Crippen LogP contribution in [0.3, 0.4) is 0 Å². The van der Waals surface area contributed by atoms with E-state index in [1.807, 2.05) is 59.0 Å². The molecule has 0 spiro atoms. The van der Waals surface area contributed by atoms with Gasteiger partial charge in [-0.1, -0.05) is 32.4 Å². The van der Waals surface area contributed by atoms with Crippen LogP contribution in [0, 0.1) is 25.2 Å². The predicted molar refractivity (Wildman–Crippen MR) is 111 cm³/mol. The van der Waals surface area contributed by atoms with Gasteiger partial charge in [-0.05, 0) is 48.7 Å². The highest BCUT2D eigenvalue weighted by Gasteiger charge is 2.50. The number of nitrogens with zero attached hydrogens (tertiary/aromatic N) is 4. The van der Waals surface area contributed by atoms with E-state index in [0.29, 0.717) is 5.02 Å². The first-order valence-electron chi connectivity index (χ1n) is 9.56. The molecule has 0 saturated carbocycles. The van der Waals surface area contributed by atoms with Crippen LogP contribution < -0.4 is 0 Å². The van der Waals surface area contributed by atoms with Gasteiger partial charge < -0.3 is 0 Å². The molecule has 2 amide bonds. The maximum absolute atomic E-state index is 12.7. The van der Waals surface area contributed by atoms with Crippen LogP contribution in [0.5, 0.6) is 0 Å². The molecule has 150 valence electrons. The molecule has 0 radical (unpaired) electrons. The van der Waals surface area contributed by atoms with Crippen molar-refractivity contribution in [2.24, 2.45) is 11.3 Å². The van der Waals surface area contributed by atoms with Crippen molar-refractivity contribution >= 4 is 28.9 Å². The molecule has 1 unspecified atom stereocenters. The van der Waals surface area contributed by atoms with Crippen LogP contribution in [-0.2, 0) is 16.1 Å². The van der Waals surface area contributed by atoms with Crippen LogP contribution in [0.25, 0.3) is 16.8 Å². The summed E-state index contributed by atoms with van der Waals surface area (Å²) in [5.41, 5.74) is 4.83. The molecule has 1 aliphatic heterocycles. The van der Waals surface area contributed by atoms with E-state index in [2.05, 4.69) is 10.1 Å². The second-order valence-electron chi connectivity index (χ2n) is 8.35. The first-order chi connectivity index (χ1) is 13.6. The Morgan fingerprint density at radius 1 is 1.17 bits per heavy atom. The molecule has 4 rings (SSSR count). The van der Waals surface area contributed by atoms with Crippen LogP contribution in [0.1, 0.15) is 37.5 Å². The standard InChI is InChI=1S/C22H23ClN4O2/c1-12-6-16(23)8-17(13(12)2)19-18-7-15(10-27(18)25-11-24-19)9-26-20(28)14(3)22(4,5)21(26)29/h6-8,10-11,14H,9H2,1-5H3. The van der Waals surface area contributed by atoms with E-state index in [-0.39, 0.29) is 24.3 Å². The Bertz CT molecular complexity index is 1170. The zero-order valence-corrected chi connectivity index (χ0v) is 17.9. The zero-order valence-electron chi connectivity index (χ0n) is 17.2. The zero-order chi connectivity index (χ0) is 21.1. The van der Waals surface area contributed by atoms with Crippen LogP contribution >= 0.6 is 11.6 Å². The number of aryl methyl sites for hydroxylation is 1. The van der Waals surface area contributed by atoms with Crippen molar-refractivity contribution in [3.8, 4) is 11.3 Å². The lowest BCUT2D eigenvalue weighted by atomic mass is 9.82. The maximum Gasteiger partial charge on any atom is 0.235 e. The Labute approximate surface area is 174 Å². The van der Waals surface area contributed by atoms with E-state index in [4.69, 9.17) is 11.6 Å². The summed E-state index contributed by atoms with van der Waals surface area (Å²) in [6.07, 6.45) is 3.34. The van der Waals surface area contributed by atoms with Crippen molar-refractivity contribution in [1.29, 1.82) is 0 Å². The average Bonchev–Trinajstić information content (AvgIpc) is 3.14. The number of hydrogen-bond acceptors (Lipinski definition) is 4. The molecule has 2 aromatic heterocycles. The minimum absolute atomic E-state index is 0.136. The van der Waals surface area contributed by atoms with Crippen LogP contribution in [0.4, 0.5) is 0 Å². The lowest BCUT2D eigenvalue weighted by molar-refractivity contribution is -0.141. The van der Waals surface area contributed by atoms with E-state index in [1.54, 1.807) is 4.52 Å². The molecule has 1 aromatic carbocycles. The van der Waals surface area contributed by atoms with Crippen LogP contribution in [0.2, 0.25) is 5.02 Å². The van der Waals surface area contributed by atoms with E-state index in [1.165, 1.54) is 11.2 Å². The van der Waals surface area contributed by atoms with Crippen LogP contribution in [0.15, 0.2) is 30.7 Å². The molecule has 0 aliphatic carbocycles. The molecular weight excluding hydrogens is 388 g/mol. The molecule has 0 bridgehead atoms. The summed E-state index contributed by atoms with van der Waals surface area (Å²) < 4.78 is 1.73. The Morgan fingerprint density at radius 3 is 2.55 bits per heavy atom. The molecule has 29 heavy (non-hydrogen) atoms. The topological polar surface area (TPSA) is 67.6 Å². The summed E-state index contributed by atoms with van der Waals surface area (Å²) >= 11 is 6.28. The minimum Gasteiger partial charge on any atom is -0.277 e. The Balaban J connectivity index is 1.77. The van der Waals surface area contributed by atoms with Gasteiger partial charge >= 0.3 is 0 Å². The van der Waals surface area contributed by atoms with Gasteiger partial charge in [0.2, 0.25) is 11.8 Å². The number of carbonyl (C=O) groups is 2. The number of aromatic nitrogens is 3. The largest absolute Gasteiger partial charge is 0.277 e. The van der Waals surface area contributed by atoms with Gasteiger partial charge in [0, 0.05) is 22.7 Å². The lowest BCUT2D eigenvalue weighted by Crippen LogP contribution is -2.32. The first-order valence-corrected chi connectivity index (χ1v) is 9.94. The van der Waals surface area contributed by atoms with E-state index < -0.39 is 5.41 Å². The number of carbonyl (C=O) groups excluding carboxylic acids is 2. The number of imide groups is 1. The van der Waals surface area contributed by atoms with E-state index in [9.17, 15) is 9.59 Å². The average molecular weight is 411 g/mol. The molecule has 7 heteroatoms. The number of hydrogen-bond donors (Lipinski definition) is 0. The summed E-state index contributed by atoms with van der Waals surface area (Å²) in [5, 5.41) is 4.95. The van der Waals surface area contributed by atoms with Crippen molar-refractivity contribution in [3.05, 3.63) is 52.4 Å². The monoisotopic (exact) mass is 410 g/mol. The highest BCUT2D eigenvalue weighted by molar-refractivity contribution is 6.31. The fourth-order valence-electron chi connectivity index (χ4n) is 3.85. The molecule has 1 saturated heterocycles. The molecule has 0 N–H and O–H groups in total. The van der Waals surface area contributed by atoms with Gasteiger partial charge in [-0.25, -0.2) is 9.50 Å². The number of rotatable bonds is 3. The SMILES string of the molecule is Cc1cc(Cl)cc(-c2ncnn3cc(CN4C(=O)C(C)C(C)(C)C4=O)cc23)c1C. The fourth-order valence-corrected chi connectivity index (χ4v) is 4.12. The predicted octanol–water partition coefficient (Wildman–Crippen LogP) is 4.20. The molecule has 1 aliphatic rings. The minimum atomic E-state index is -0.684. The number of likely N-dealkylation sites (tertiary alicyclic amines) is 1. The summed E-state index contributed by atoms with van der Waals surface area (Å²) in [7, 11) is 0. The van der Waals surface area contributed by atoms with E-state index >= 15 is 0 Å². The van der Waals surface area contributed by atoms with Crippen molar-refractivity contribution in [3.63, 3.8) is 0 Å². The highest BCUT2D eigenvalue weighted by Crippen LogP contribution is 2.38. The lowest BCUT2D eigenvalue weighted by Gasteiger charge is -2.18. The van der Waals surface area contributed by atoms with Gasteiger partial charge in [-0.2, -0.15) is 5.10 Å². The van der Waals surface area contributed by atoms with Gasteiger partial charge in [0.05, 0.1) is 23.2 Å². The normalized spacial score (nSPS) is 18.8. The summed E-state index contributed by atoms with van der Waals surface area (Å²) in [4.78, 5) is 31.2. The van der Waals surface area contributed by atoms with Gasteiger partial charge in [-0.15, -0.1) is 0 Å². The third-order valence-electron chi connectivity index (χ3n) is 6.21. The quantitative estimate of drug-likeness (QED) is 0.607. The van der Waals surface area contributed by atoms with E-state index in [0.717, 1.165) is 33.5 Å². The maximum atomic E-state index is 12.7. The number of benzene rings is 1. The summed E-state index contributed by atoms with van der Waals surface area (Å²) in [5.74, 6) is -0.611. The Hall–Kier alpha value is -2.73. The third-order valence-corrected chi connectivity index (χ3v) is 6.42. The van der Waals surface area contributed by atoms with Gasteiger partial charge in [-0.3, -0.25) is 14.5 Å².